The SMILES string of the molecule is CC(C)(O)c1nc(C2COCCN2)no1. The summed E-state index contributed by atoms with van der Waals surface area (Å²) >= 11 is 0. The maximum atomic E-state index is 9.65. The van der Waals surface area contributed by atoms with Crippen LogP contribution >= 0.6 is 0 Å². The number of aromatic nitrogens is 2. The third-order valence-electron chi connectivity index (χ3n) is 2.20. The molecule has 0 saturated carbocycles. The van der Waals surface area contributed by atoms with Crippen molar-refractivity contribution in [2.24, 2.45) is 0 Å². The van der Waals surface area contributed by atoms with Gasteiger partial charge >= 0.3 is 0 Å². The van der Waals surface area contributed by atoms with Crippen molar-refractivity contribution in [1.82, 2.24) is 15.5 Å². The minimum absolute atomic E-state index is 0.0430. The van der Waals surface area contributed by atoms with Gasteiger partial charge in [-0.1, -0.05) is 5.16 Å². The Labute approximate surface area is 87.6 Å². The van der Waals surface area contributed by atoms with Crippen LogP contribution in [0.5, 0.6) is 0 Å². The van der Waals surface area contributed by atoms with Gasteiger partial charge in [-0.25, -0.2) is 0 Å². The van der Waals surface area contributed by atoms with Gasteiger partial charge in [0.15, 0.2) is 5.82 Å². The van der Waals surface area contributed by atoms with Crippen LogP contribution in [-0.4, -0.2) is 35.0 Å². The standard InChI is InChI=1S/C9H15N3O3/c1-9(2,13)8-11-7(12-15-8)6-5-14-4-3-10-6/h6,10,13H,3-5H2,1-2H3. The van der Waals surface area contributed by atoms with Crippen LogP contribution in [0, 0.1) is 0 Å². The number of hydrogen-bond acceptors (Lipinski definition) is 6. The van der Waals surface area contributed by atoms with E-state index in [0.29, 0.717) is 19.0 Å². The van der Waals surface area contributed by atoms with E-state index in [-0.39, 0.29) is 11.9 Å². The predicted molar refractivity (Wildman–Crippen MR) is 51.1 cm³/mol. The first-order valence-corrected chi connectivity index (χ1v) is 4.95. The maximum Gasteiger partial charge on any atom is 0.258 e. The molecule has 0 amide bonds. The van der Waals surface area contributed by atoms with Crippen LogP contribution in [0.15, 0.2) is 4.52 Å². The molecular formula is C9H15N3O3. The van der Waals surface area contributed by atoms with E-state index in [1.54, 1.807) is 13.8 Å². The second kappa shape index (κ2) is 3.88. The lowest BCUT2D eigenvalue weighted by Crippen LogP contribution is -2.35. The molecule has 1 atom stereocenters. The molecule has 0 bridgehead atoms. The van der Waals surface area contributed by atoms with Gasteiger partial charge in [-0.2, -0.15) is 4.98 Å². The molecule has 0 aliphatic carbocycles. The molecule has 1 saturated heterocycles. The molecule has 2 N–H and O–H groups in total. The normalized spacial score (nSPS) is 23.0. The number of rotatable bonds is 2. The van der Waals surface area contributed by atoms with Crippen molar-refractivity contribution in [2.45, 2.75) is 25.5 Å². The van der Waals surface area contributed by atoms with Crippen molar-refractivity contribution >= 4 is 0 Å². The first kappa shape index (κ1) is 10.5. The molecule has 1 fully saturated rings. The Morgan fingerprint density at radius 1 is 1.53 bits per heavy atom. The van der Waals surface area contributed by atoms with Crippen molar-refractivity contribution in [2.75, 3.05) is 19.8 Å². The Morgan fingerprint density at radius 3 is 2.87 bits per heavy atom. The van der Waals surface area contributed by atoms with Crippen molar-refractivity contribution in [3.63, 3.8) is 0 Å². The van der Waals surface area contributed by atoms with Crippen molar-refractivity contribution < 1.29 is 14.4 Å². The molecule has 1 aliphatic heterocycles. The second-order valence-corrected chi connectivity index (χ2v) is 4.10. The summed E-state index contributed by atoms with van der Waals surface area (Å²) in [4.78, 5) is 4.13. The molecule has 0 radical (unpaired) electrons. The summed E-state index contributed by atoms with van der Waals surface area (Å²) in [5.74, 6) is 0.761. The van der Waals surface area contributed by atoms with Crippen LogP contribution in [0.4, 0.5) is 0 Å². The Hall–Kier alpha value is -0.980. The molecule has 6 nitrogen and oxygen atoms in total. The number of nitrogens with zero attached hydrogens (tertiary/aromatic N) is 2. The number of ether oxygens (including phenoxy) is 1. The van der Waals surface area contributed by atoms with Gasteiger partial charge in [0, 0.05) is 6.54 Å². The Morgan fingerprint density at radius 2 is 2.33 bits per heavy atom. The van der Waals surface area contributed by atoms with Gasteiger partial charge in [0.25, 0.3) is 5.89 Å². The quantitative estimate of drug-likeness (QED) is 0.717. The Balaban J connectivity index is 2.12. The molecular weight excluding hydrogens is 198 g/mol. The van der Waals surface area contributed by atoms with Gasteiger partial charge < -0.3 is 19.7 Å². The molecule has 84 valence electrons. The van der Waals surface area contributed by atoms with Crippen LogP contribution in [0.1, 0.15) is 31.6 Å². The van der Waals surface area contributed by atoms with Gasteiger partial charge in [-0.15, -0.1) is 0 Å². The molecule has 0 aromatic carbocycles. The third-order valence-corrected chi connectivity index (χ3v) is 2.20. The minimum atomic E-state index is -1.10. The van der Waals surface area contributed by atoms with Crippen LogP contribution in [0.25, 0.3) is 0 Å². The fraction of sp³-hybridized carbons (Fsp3) is 0.778. The molecule has 1 aliphatic rings. The van der Waals surface area contributed by atoms with E-state index in [0.717, 1.165) is 6.54 Å². The summed E-state index contributed by atoms with van der Waals surface area (Å²) in [6, 6.07) is -0.0430. The lowest BCUT2D eigenvalue weighted by Gasteiger charge is -2.20. The molecule has 2 heterocycles. The average molecular weight is 213 g/mol. The van der Waals surface area contributed by atoms with E-state index in [1.807, 2.05) is 0 Å². The fourth-order valence-electron chi connectivity index (χ4n) is 1.36. The zero-order chi connectivity index (χ0) is 10.9. The number of morpholine rings is 1. The first-order valence-electron chi connectivity index (χ1n) is 4.95. The van der Waals surface area contributed by atoms with E-state index in [4.69, 9.17) is 9.26 Å². The molecule has 6 heteroatoms. The maximum absolute atomic E-state index is 9.65. The molecule has 1 unspecified atom stereocenters. The van der Waals surface area contributed by atoms with Gasteiger partial charge in [0.1, 0.15) is 5.60 Å². The second-order valence-electron chi connectivity index (χ2n) is 4.10. The Bertz CT molecular complexity index is 326. The van der Waals surface area contributed by atoms with E-state index in [2.05, 4.69) is 15.5 Å². The summed E-state index contributed by atoms with van der Waals surface area (Å²) < 4.78 is 10.3. The summed E-state index contributed by atoms with van der Waals surface area (Å²) in [6.07, 6.45) is 0. The fourth-order valence-corrected chi connectivity index (χ4v) is 1.36. The van der Waals surface area contributed by atoms with Crippen LogP contribution in [0.2, 0.25) is 0 Å². The molecule has 1 aromatic rings. The number of aliphatic hydroxyl groups is 1. The molecule has 0 spiro atoms. The zero-order valence-electron chi connectivity index (χ0n) is 8.86. The predicted octanol–water partition coefficient (Wildman–Crippen LogP) is -0.0421. The number of hydrogen-bond donors (Lipinski definition) is 2. The number of nitrogens with one attached hydrogen (secondary N) is 1. The van der Waals surface area contributed by atoms with Gasteiger partial charge in [0.05, 0.1) is 19.3 Å². The third kappa shape index (κ3) is 2.34. The van der Waals surface area contributed by atoms with E-state index < -0.39 is 5.60 Å². The summed E-state index contributed by atoms with van der Waals surface area (Å²) in [7, 11) is 0. The molecule has 15 heavy (non-hydrogen) atoms. The van der Waals surface area contributed by atoms with Gasteiger partial charge in [0.2, 0.25) is 0 Å². The van der Waals surface area contributed by atoms with E-state index in [9.17, 15) is 5.11 Å². The summed E-state index contributed by atoms with van der Waals surface area (Å²) in [6.45, 7) is 5.22. The van der Waals surface area contributed by atoms with Crippen molar-refractivity contribution in [3.8, 4) is 0 Å². The van der Waals surface area contributed by atoms with Gasteiger partial charge in [-0.05, 0) is 13.8 Å². The van der Waals surface area contributed by atoms with Crippen molar-refractivity contribution in [1.29, 1.82) is 0 Å². The smallest absolute Gasteiger partial charge is 0.258 e. The molecule has 2 rings (SSSR count). The lowest BCUT2D eigenvalue weighted by atomic mass is 10.1. The topological polar surface area (TPSA) is 80.4 Å². The highest BCUT2D eigenvalue weighted by atomic mass is 16.5. The van der Waals surface area contributed by atoms with Crippen LogP contribution in [-0.2, 0) is 10.3 Å². The summed E-state index contributed by atoms with van der Waals surface area (Å²) in [5, 5.41) is 16.7. The highest BCUT2D eigenvalue weighted by Crippen LogP contribution is 2.20. The molecule has 1 aromatic heterocycles. The van der Waals surface area contributed by atoms with E-state index >= 15 is 0 Å². The highest BCUT2D eigenvalue weighted by Gasteiger charge is 2.27. The van der Waals surface area contributed by atoms with Gasteiger partial charge in [-0.3, -0.25) is 0 Å². The van der Waals surface area contributed by atoms with Crippen molar-refractivity contribution in [3.05, 3.63) is 11.7 Å². The summed E-state index contributed by atoms with van der Waals surface area (Å²) in [5.41, 5.74) is -1.10. The van der Waals surface area contributed by atoms with E-state index in [1.165, 1.54) is 0 Å². The zero-order valence-corrected chi connectivity index (χ0v) is 8.86. The minimum Gasteiger partial charge on any atom is -0.381 e. The highest BCUT2D eigenvalue weighted by molar-refractivity contribution is 4.99. The van der Waals surface area contributed by atoms with Crippen LogP contribution < -0.4 is 5.32 Å². The largest absolute Gasteiger partial charge is 0.381 e. The Kier molecular flexibility index (Phi) is 2.72. The van der Waals surface area contributed by atoms with Crippen LogP contribution in [0.3, 0.4) is 0 Å². The average Bonchev–Trinajstić information content (AvgIpc) is 2.67. The lowest BCUT2D eigenvalue weighted by molar-refractivity contribution is 0.0420. The monoisotopic (exact) mass is 213 g/mol. The first-order chi connectivity index (χ1) is 7.07.